The van der Waals surface area contributed by atoms with Crippen molar-refractivity contribution in [2.45, 2.75) is 97.2 Å². The first-order valence-electron chi connectivity index (χ1n) is 14.5. The molecule has 2 saturated carbocycles. The Hall–Kier alpha value is -3.04. The predicted molar refractivity (Wildman–Crippen MR) is 144 cm³/mol. The van der Waals surface area contributed by atoms with Crippen LogP contribution in [0.1, 0.15) is 89.5 Å². The zero-order valence-corrected chi connectivity index (χ0v) is 23.7. The molecule has 2 heterocycles. The number of aromatic nitrogens is 2. The normalized spacial score (nSPS) is 24.9. The summed E-state index contributed by atoms with van der Waals surface area (Å²) in [5.41, 5.74) is -0.495. The number of hydrogen-bond acceptors (Lipinski definition) is 7. The van der Waals surface area contributed by atoms with Gasteiger partial charge < -0.3 is 20.3 Å². The van der Waals surface area contributed by atoms with Gasteiger partial charge >= 0.3 is 5.97 Å². The number of amides is 3. The van der Waals surface area contributed by atoms with Gasteiger partial charge in [-0.1, -0.05) is 46.5 Å². The minimum absolute atomic E-state index is 0.0477. The summed E-state index contributed by atoms with van der Waals surface area (Å²) < 4.78 is 5.39. The lowest BCUT2D eigenvalue weighted by molar-refractivity contribution is -0.156. The van der Waals surface area contributed by atoms with Crippen LogP contribution in [0.4, 0.5) is 0 Å². The van der Waals surface area contributed by atoms with Crippen LogP contribution in [0, 0.1) is 23.2 Å². The monoisotopic (exact) mass is 541 g/mol. The molecule has 5 atom stereocenters. The van der Waals surface area contributed by atoms with Gasteiger partial charge in [-0.05, 0) is 55.8 Å². The van der Waals surface area contributed by atoms with Gasteiger partial charge in [0.1, 0.15) is 23.8 Å². The van der Waals surface area contributed by atoms with Crippen molar-refractivity contribution in [3.63, 3.8) is 0 Å². The molecule has 4 rings (SSSR count). The third-order valence-electron chi connectivity index (χ3n) is 8.59. The van der Waals surface area contributed by atoms with Gasteiger partial charge in [-0.25, -0.2) is 9.78 Å². The van der Waals surface area contributed by atoms with E-state index in [4.69, 9.17) is 4.74 Å². The van der Waals surface area contributed by atoms with Gasteiger partial charge in [0.2, 0.25) is 11.8 Å². The molecule has 214 valence electrons. The van der Waals surface area contributed by atoms with Crippen LogP contribution in [0.3, 0.4) is 0 Å². The van der Waals surface area contributed by atoms with Gasteiger partial charge in [-0.15, -0.1) is 0 Å². The van der Waals surface area contributed by atoms with Crippen LogP contribution in [0.25, 0.3) is 0 Å². The van der Waals surface area contributed by atoms with Crippen molar-refractivity contribution in [1.82, 2.24) is 25.5 Å². The van der Waals surface area contributed by atoms with Crippen LogP contribution in [0.5, 0.6) is 0 Å². The van der Waals surface area contributed by atoms with Crippen LogP contribution in [0.2, 0.25) is 0 Å². The van der Waals surface area contributed by atoms with Gasteiger partial charge in [-0.3, -0.25) is 19.4 Å². The summed E-state index contributed by atoms with van der Waals surface area (Å²) in [4.78, 5) is 63.7. The standard InChI is InChI=1S/C29H43N5O5/c1-5-39-28(38)23-20-13-9-12-19(20)17-34(23)27(37)24(29(2,3)4)33-26(36)22(18-10-7-6-8-11-18)32-25(35)21-16-30-14-15-31-21/h14-16,18-20,22-24H,5-13,17H2,1-4H3,(H,32,35)(H,33,36)/t19-,20-,22-,23-,24+/m0/s1. The molecule has 0 bridgehead atoms. The van der Waals surface area contributed by atoms with E-state index < -0.39 is 29.4 Å². The largest absolute Gasteiger partial charge is 0.464 e. The van der Waals surface area contributed by atoms with Crippen LogP contribution in [-0.4, -0.2) is 69.8 Å². The first-order chi connectivity index (χ1) is 18.6. The summed E-state index contributed by atoms with van der Waals surface area (Å²) in [5.74, 6) is -1.19. The smallest absolute Gasteiger partial charge is 0.329 e. The highest BCUT2D eigenvalue weighted by atomic mass is 16.5. The maximum absolute atomic E-state index is 14.1. The zero-order chi connectivity index (χ0) is 28.2. The van der Waals surface area contributed by atoms with Gasteiger partial charge in [-0.2, -0.15) is 0 Å². The van der Waals surface area contributed by atoms with Gasteiger partial charge in [0.15, 0.2) is 0 Å². The third-order valence-corrected chi connectivity index (χ3v) is 8.59. The molecule has 1 saturated heterocycles. The number of carbonyl (C=O) groups excluding carboxylic acids is 4. The lowest BCUT2D eigenvalue weighted by Crippen LogP contribution is -2.61. The molecule has 1 aromatic rings. The molecule has 1 aliphatic heterocycles. The van der Waals surface area contributed by atoms with E-state index >= 15 is 0 Å². The van der Waals surface area contributed by atoms with Crippen LogP contribution in [0.15, 0.2) is 18.6 Å². The quantitative estimate of drug-likeness (QED) is 0.484. The molecule has 1 aromatic heterocycles. The average molecular weight is 542 g/mol. The van der Waals surface area contributed by atoms with Gasteiger partial charge in [0.25, 0.3) is 5.91 Å². The number of esters is 1. The number of rotatable bonds is 8. The molecule has 3 fully saturated rings. The Kier molecular flexibility index (Phi) is 9.23. The summed E-state index contributed by atoms with van der Waals surface area (Å²) in [6.45, 7) is 8.22. The zero-order valence-electron chi connectivity index (χ0n) is 23.7. The maximum Gasteiger partial charge on any atom is 0.329 e. The lowest BCUT2D eigenvalue weighted by atomic mass is 9.82. The van der Waals surface area contributed by atoms with E-state index in [-0.39, 0.29) is 47.8 Å². The predicted octanol–water partition coefficient (Wildman–Crippen LogP) is 2.88. The van der Waals surface area contributed by atoms with E-state index in [0.29, 0.717) is 6.54 Å². The number of ether oxygens (including phenoxy) is 1. The van der Waals surface area contributed by atoms with Crippen molar-refractivity contribution in [3.8, 4) is 0 Å². The van der Waals surface area contributed by atoms with E-state index in [2.05, 4.69) is 20.6 Å². The maximum atomic E-state index is 14.1. The number of nitrogens with zero attached hydrogens (tertiary/aromatic N) is 3. The Morgan fingerprint density at radius 2 is 1.77 bits per heavy atom. The highest BCUT2D eigenvalue weighted by molar-refractivity contribution is 5.97. The summed E-state index contributed by atoms with van der Waals surface area (Å²) in [7, 11) is 0. The number of likely N-dealkylation sites (tertiary alicyclic amines) is 1. The minimum atomic E-state index is -0.875. The van der Waals surface area contributed by atoms with Crippen LogP contribution < -0.4 is 10.6 Å². The third kappa shape index (κ3) is 6.58. The van der Waals surface area contributed by atoms with Crippen LogP contribution >= 0.6 is 0 Å². The molecule has 0 aromatic carbocycles. The summed E-state index contributed by atoms with van der Waals surface area (Å²) in [6, 6.07) is -2.31. The van der Waals surface area contributed by atoms with Crippen molar-refractivity contribution in [2.24, 2.45) is 23.2 Å². The molecule has 3 amide bonds. The summed E-state index contributed by atoms with van der Waals surface area (Å²) in [6.07, 6.45) is 11.9. The Morgan fingerprint density at radius 1 is 1.03 bits per heavy atom. The Bertz CT molecular complexity index is 1040. The van der Waals surface area contributed by atoms with E-state index in [9.17, 15) is 19.2 Å². The van der Waals surface area contributed by atoms with E-state index in [1.54, 1.807) is 11.8 Å². The highest BCUT2D eigenvalue weighted by Gasteiger charge is 2.52. The molecule has 3 aliphatic rings. The molecule has 0 radical (unpaired) electrons. The lowest BCUT2D eigenvalue weighted by Gasteiger charge is -2.38. The van der Waals surface area contributed by atoms with Crippen molar-refractivity contribution in [2.75, 3.05) is 13.2 Å². The van der Waals surface area contributed by atoms with Crippen molar-refractivity contribution < 1.29 is 23.9 Å². The Morgan fingerprint density at radius 3 is 2.41 bits per heavy atom. The van der Waals surface area contributed by atoms with Crippen molar-refractivity contribution in [1.29, 1.82) is 0 Å². The minimum Gasteiger partial charge on any atom is -0.464 e. The van der Waals surface area contributed by atoms with Crippen molar-refractivity contribution in [3.05, 3.63) is 24.3 Å². The second-order valence-electron chi connectivity index (χ2n) is 12.3. The molecule has 0 spiro atoms. The first-order valence-corrected chi connectivity index (χ1v) is 14.5. The Labute approximate surface area is 231 Å². The first kappa shape index (κ1) is 29.0. The number of hydrogen-bond donors (Lipinski definition) is 2. The molecule has 10 nitrogen and oxygen atoms in total. The average Bonchev–Trinajstić information content (AvgIpc) is 3.52. The number of carbonyl (C=O) groups is 4. The molecular weight excluding hydrogens is 498 g/mol. The molecule has 10 heteroatoms. The fourth-order valence-electron chi connectivity index (χ4n) is 6.60. The second-order valence-corrected chi connectivity index (χ2v) is 12.3. The molecular formula is C29H43N5O5. The molecule has 0 unspecified atom stereocenters. The fourth-order valence-corrected chi connectivity index (χ4v) is 6.60. The number of nitrogens with one attached hydrogen (secondary N) is 2. The Balaban J connectivity index is 1.56. The van der Waals surface area contributed by atoms with Gasteiger partial charge in [0.05, 0.1) is 12.8 Å². The molecule has 2 N–H and O–H groups in total. The fraction of sp³-hybridized carbons (Fsp3) is 0.724. The SMILES string of the molecule is CCOC(=O)[C@@H]1[C@H]2CCC[C@H]2CN1C(=O)[C@@H](NC(=O)[C@@H](NC(=O)c1cnccn1)C1CCCCC1)C(C)(C)C. The summed E-state index contributed by atoms with van der Waals surface area (Å²) in [5, 5.41) is 5.90. The molecule has 39 heavy (non-hydrogen) atoms. The highest BCUT2D eigenvalue weighted by Crippen LogP contribution is 2.43. The topological polar surface area (TPSA) is 131 Å². The number of fused-ring (bicyclic) bond motifs is 1. The summed E-state index contributed by atoms with van der Waals surface area (Å²) >= 11 is 0. The van der Waals surface area contributed by atoms with Gasteiger partial charge in [0, 0.05) is 18.9 Å². The van der Waals surface area contributed by atoms with E-state index in [0.717, 1.165) is 51.4 Å². The van der Waals surface area contributed by atoms with Crippen molar-refractivity contribution >= 4 is 23.7 Å². The van der Waals surface area contributed by atoms with E-state index in [1.807, 2.05) is 20.8 Å². The van der Waals surface area contributed by atoms with E-state index in [1.165, 1.54) is 18.6 Å². The van der Waals surface area contributed by atoms with Crippen LogP contribution in [-0.2, 0) is 19.1 Å². The molecule has 2 aliphatic carbocycles. The second kappa shape index (κ2) is 12.4.